The van der Waals surface area contributed by atoms with Crippen LogP contribution in [0, 0.1) is 12.7 Å². The van der Waals surface area contributed by atoms with Gasteiger partial charge in [0, 0.05) is 6.54 Å². The third-order valence-corrected chi connectivity index (χ3v) is 3.14. The second-order valence-electron chi connectivity index (χ2n) is 4.99. The first-order valence-corrected chi connectivity index (χ1v) is 7.13. The average Bonchev–Trinajstić information content (AvgIpc) is 2.88. The zero-order valence-electron chi connectivity index (χ0n) is 12.9. The lowest BCUT2D eigenvalue weighted by Crippen LogP contribution is -2.36. The predicted molar refractivity (Wildman–Crippen MR) is 79.9 cm³/mol. The Labute approximate surface area is 132 Å². The molecule has 0 saturated heterocycles. The van der Waals surface area contributed by atoms with E-state index in [0.29, 0.717) is 24.5 Å². The summed E-state index contributed by atoms with van der Waals surface area (Å²) in [5.74, 6) is -1.65. The van der Waals surface area contributed by atoms with E-state index in [1.807, 2.05) is 6.92 Å². The van der Waals surface area contributed by atoms with Gasteiger partial charge in [-0.3, -0.25) is 9.59 Å². The van der Waals surface area contributed by atoms with Crippen molar-refractivity contribution in [1.29, 1.82) is 0 Å². The van der Waals surface area contributed by atoms with E-state index in [1.165, 1.54) is 33.8 Å². The largest absolute Gasteiger partial charge is 0.480 e. The van der Waals surface area contributed by atoms with Gasteiger partial charge in [-0.05, 0) is 37.6 Å². The summed E-state index contributed by atoms with van der Waals surface area (Å²) in [4.78, 5) is 28.5. The topological polar surface area (TPSA) is 88.3 Å². The van der Waals surface area contributed by atoms with Crippen molar-refractivity contribution in [2.75, 3.05) is 13.1 Å². The van der Waals surface area contributed by atoms with E-state index in [-0.39, 0.29) is 11.6 Å². The van der Waals surface area contributed by atoms with Gasteiger partial charge in [0.2, 0.25) is 5.82 Å². The highest BCUT2D eigenvalue weighted by atomic mass is 19.1. The van der Waals surface area contributed by atoms with Gasteiger partial charge >= 0.3 is 5.97 Å². The molecule has 1 aromatic heterocycles. The third-order valence-electron chi connectivity index (χ3n) is 3.14. The molecular formula is C15H17FN4O3. The molecule has 0 aliphatic rings. The number of aliphatic carboxylic acids is 1. The zero-order valence-corrected chi connectivity index (χ0v) is 12.9. The minimum atomic E-state index is -1.10. The molecule has 8 heteroatoms. The number of aromatic nitrogens is 3. The van der Waals surface area contributed by atoms with Gasteiger partial charge in [-0.1, -0.05) is 6.92 Å². The van der Waals surface area contributed by atoms with Crippen LogP contribution in [0.5, 0.6) is 0 Å². The van der Waals surface area contributed by atoms with Crippen molar-refractivity contribution in [2.45, 2.75) is 20.3 Å². The standard InChI is InChI=1S/C15H17FN4O3/c1-3-8-19(9-13(21)22)15(23)14-17-10(2)20(18-14)12-6-4-11(16)5-7-12/h4-7H,3,8-9H2,1-2H3,(H,21,22). The molecule has 0 aliphatic heterocycles. The van der Waals surface area contributed by atoms with Crippen molar-refractivity contribution in [1.82, 2.24) is 19.7 Å². The number of hydrogen-bond acceptors (Lipinski definition) is 4. The maximum Gasteiger partial charge on any atom is 0.323 e. The summed E-state index contributed by atoms with van der Waals surface area (Å²) in [5.41, 5.74) is 0.565. The van der Waals surface area contributed by atoms with E-state index in [1.54, 1.807) is 6.92 Å². The Kier molecular flexibility index (Phi) is 5.05. The fraction of sp³-hybridized carbons (Fsp3) is 0.333. The number of hydrogen-bond donors (Lipinski definition) is 1. The van der Waals surface area contributed by atoms with Crippen LogP contribution in [0.2, 0.25) is 0 Å². The Morgan fingerprint density at radius 1 is 1.30 bits per heavy atom. The van der Waals surface area contributed by atoms with E-state index >= 15 is 0 Å². The van der Waals surface area contributed by atoms with Gasteiger partial charge in [0.25, 0.3) is 5.91 Å². The summed E-state index contributed by atoms with van der Waals surface area (Å²) in [5, 5.41) is 13.0. The second-order valence-corrected chi connectivity index (χ2v) is 4.99. The molecule has 1 heterocycles. The van der Waals surface area contributed by atoms with E-state index in [0.717, 1.165) is 0 Å². The number of rotatable bonds is 6. The normalized spacial score (nSPS) is 10.6. The molecule has 23 heavy (non-hydrogen) atoms. The van der Waals surface area contributed by atoms with Crippen molar-refractivity contribution < 1.29 is 19.1 Å². The highest BCUT2D eigenvalue weighted by molar-refractivity contribution is 5.92. The number of amides is 1. The SMILES string of the molecule is CCCN(CC(=O)O)C(=O)c1nc(C)n(-c2ccc(F)cc2)n1. The smallest absolute Gasteiger partial charge is 0.323 e. The molecule has 0 saturated carbocycles. The summed E-state index contributed by atoms with van der Waals surface area (Å²) < 4.78 is 14.4. The first-order valence-electron chi connectivity index (χ1n) is 7.13. The van der Waals surface area contributed by atoms with E-state index in [9.17, 15) is 14.0 Å². The van der Waals surface area contributed by atoms with Gasteiger partial charge in [-0.2, -0.15) is 0 Å². The fourth-order valence-corrected chi connectivity index (χ4v) is 2.13. The fourth-order valence-electron chi connectivity index (χ4n) is 2.13. The van der Waals surface area contributed by atoms with Crippen molar-refractivity contribution >= 4 is 11.9 Å². The van der Waals surface area contributed by atoms with Gasteiger partial charge in [0.1, 0.15) is 18.2 Å². The molecule has 0 bridgehead atoms. The lowest BCUT2D eigenvalue weighted by atomic mass is 10.3. The number of nitrogens with zero attached hydrogens (tertiary/aromatic N) is 4. The van der Waals surface area contributed by atoms with Crippen LogP contribution in [0.15, 0.2) is 24.3 Å². The summed E-state index contributed by atoms with van der Waals surface area (Å²) in [6, 6.07) is 5.61. The Morgan fingerprint density at radius 3 is 2.52 bits per heavy atom. The summed E-state index contributed by atoms with van der Waals surface area (Å²) >= 11 is 0. The molecule has 0 radical (unpaired) electrons. The van der Waals surface area contributed by atoms with Crippen molar-refractivity contribution in [2.24, 2.45) is 0 Å². The highest BCUT2D eigenvalue weighted by Crippen LogP contribution is 2.12. The van der Waals surface area contributed by atoms with Crippen LogP contribution in [0.4, 0.5) is 4.39 Å². The molecule has 0 spiro atoms. The van der Waals surface area contributed by atoms with Crippen LogP contribution in [-0.4, -0.2) is 49.7 Å². The quantitative estimate of drug-likeness (QED) is 0.874. The lowest BCUT2D eigenvalue weighted by molar-refractivity contribution is -0.137. The van der Waals surface area contributed by atoms with E-state index < -0.39 is 18.4 Å². The van der Waals surface area contributed by atoms with Gasteiger partial charge in [0.15, 0.2) is 0 Å². The maximum atomic E-state index is 13.0. The van der Waals surface area contributed by atoms with Gasteiger partial charge in [0.05, 0.1) is 5.69 Å². The van der Waals surface area contributed by atoms with Crippen LogP contribution in [-0.2, 0) is 4.79 Å². The predicted octanol–water partition coefficient (Wildman–Crippen LogP) is 1.65. The summed E-state index contributed by atoms with van der Waals surface area (Å²) in [6.07, 6.45) is 0.622. The number of carbonyl (C=O) groups excluding carboxylic acids is 1. The first kappa shape index (κ1) is 16.6. The van der Waals surface area contributed by atoms with Crippen LogP contribution < -0.4 is 0 Å². The van der Waals surface area contributed by atoms with Gasteiger partial charge < -0.3 is 10.0 Å². The molecular weight excluding hydrogens is 303 g/mol. The second kappa shape index (κ2) is 6.99. The molecule has 1 amide bonds. The number of carboxylic acids is 1. The number of carboxylic acid groups (broad SMARTS) is 1. The molecule has 1 N–H and O–H groups in total. The Hall–Kier alpha value is -2.77. The molecule has 122 valence electrons. The lowest BCUT2D eigenvalue weighted by Gasteiger charge is -2.17. The Balaban J connectivity index is 2.29. The first-order chi connectivity index (χ1) is 10.9. The molecule has 2 aromatic rings. The van der Waals surface area contributed by atoms with Crippen LogP contribution in [0.3, 0.4) is 0 Å². The molecule has 0 aliphatic carbocycles. The van der Waals surface area contributed by atoms with E-state index in [4.69, 9.17) is 5.11 Å². The molecule has 0 unspecified atom stereocenters. The van der Waals surface area contributed by atoms with Crippen LogP contribution in [0.25, 0.3) is 5.69 Å². The monoisotopic (exact) mass is 320 g/mol. The zero-order chi connectivity index (χ0) is 17.0. The molecule has 1 aromatic carbocycles. The summed E-state index contributed by atoms with van der Waals surface area (Å²) in [7, 11) is 0. The molecule has 2 rings (SSSR count). The minimum Gasteiger partial charge on any atom is -0.480 e. The minimum absolute atomic E-state index is 0.0819. The summed E-state index contributed by atoms with van der Waals surface area (Å²) in [6.45, 7) is 3.40. The van der Waals surface area contributed by atoms with Crippen molar-refractivity contribution in [3.63, 3.8) is 0 Å². The number of halogens is 1. The molecule has 0 fully saturated rings. The number of carbonyl (C=O) groups is 2. The van der Waals surface area contributed by atoms with Crippen molar-refractivity contribution in [3.05, 3.63) is 41.7 Å². The van der Waals surface area contributed by atoms with Crippen molar-refractivity contribution in [3.8, 4) is 5.69 Å². The van der Waals surface area contributed by atoms with Gasteiger partial charge in [-0.25, -0.2) is 14.1 Å². The van der Waals surface area contributed by atoms with E-state index in [2.05, 4.69) is 10.1 Å². The highest BCUT2D eigenvalue weighted by Gasteiger charge is 2.23. The third kappa shape index (κ3) is 3.91. The number of aryl methyl sites for hydroxylation is 1. The maximum absolute atomic E-state index is 13.0. The Morgan fingerprint density at radius 2 is 1.96 bits per heavy atom. The number of benzene rings is 1. The average molecular weight is 320 g/mol. The molecule has 7 nitrogen and oxygen atoms in total. The van der Waals surface area contributed by atoms with Gasteiger partial charge in [-0.15, -0.1) is 5.10 Å². The van der Waals surface area contributed by atoms with Crippen LogP contribution >= 0.6 is 0 Å². The van der Waals surface area contributed by atoms with Crippen LogP contribution in [0.1, 0.15) is 29.8 Å². The molecule has 0 atom stereocenters. The Bertz CT molecular complexity index is 712.